The van der Waals surface area contributed by atoms with Gasteiger partial charge < -0.3 is 15.4 Å². The highest BCUT2D eigenvalue weighted by Gasteiger charge is 2.14. The van der Waals surface area contributed by atoms with Crippen LogP contribution in [0.25, 0.3) is 0 Å². The van der Waals surface area contributed by atoms with E-state index in [0.29, 0.717) is 18.3 Å². The number of amides is 1. The number of aromatic nitrogens is 1. The third-order valence-electron chi connectivity index (χ3n) is 3.15. The first-order valence-electron chi connectivity index (χ1n) is 6.89. The third-order valence-corrected chi connectivity index (χ3v) is 3.15. The lowest BCUT2D eigenvalue weighted by atomic mass is 10.2. The first-order chi connectivity index (χ1) is 9.29. The normalized spacial score (nSPS) is 18.3. The summed E-state index contributed by atoms with van der Waals surface area (Å²) >= 11 is 0. The summed E-state index contributed by atoms with van der Waals surface area (Å²) in [7, 11) is 0. The SMILES string of the molecule is CCNC(=O)c1cc(NCCC2CCCO2)ccn1. The molecule has 104 valence electrons. The van der Waals surface area contributed by atoms with Gasteiger partial charge in [0.15, 0.2) is 0 Å². The van der Waals surface area contributed by atoms with E-state index in [1.54, 1.807) is 12.3 Å². The average molecular weight is 263 g/mol. The molecule has 1 aromatic heterocycles. The van der Waals surface area contributed by atoms with Crippen molar-refractivity contribution in [3.8, 4) is 0 Å². The molecule has 0 bridgehead atoms. The summed E-state index contributed by atoms with van der Waals surface area (Å²) in [6, 6.07) is 3.65. The molecule has 5 heteroatoms. The summed E-state index contributed by atoms with van der Waals surface area (Å²) in [5.74, 6) is -0.134. The monoisotopic (exact) mass is 263 g/mol. The molecule has 1 aliphatic heterocycles. The molecule has 1 aromatic rings. The van der Waals surface area contributed by atoms with Crippen molar-refractivity contribution >= 4 is 11.6 Å². The zero-order valence-electron chi connectivity index (χ0n) is 11.3. The number of carbonyl (C=O) groups is 1. The summed E-state index contributed by atoms with van der Waals surface area (Å²) in [5.41, 5.74) is 1.37. The van der Waals surface area contributed by atoms with Crippen LogP contribution in [-0.4, -0.2) is 36.7 Å². The Kier molecular flexibility index (Phi) is 5.15. The Morgan fingerprint density at radius 3 is 3.21 bits per heavy atom. The molecule has 1 atom stereocenters. The number of pyridine rings is 1. The van der Waals surface area contributed by atoms with E-state index < -0.39 is 0 Å². The molecular formula is C14H21N3O2. The number of anilines is 1. The number of hydrogen-bond donors (Lipinski definition) is 2. The largest absolute Gasteiger partial charge is 0.385 e. The van der Waals surface area contributed by atoms with Gasteiger partial charge in [0.2, 0.25) is 0 Å². The van der Waals surface area contributed by atoms with E-state index in [4.69, 9.17) is 4.74 Å². The summed E-state index contributed by atoms with van der Waals surface area (Å²) in [6.45, 7) is 4.24. The van der Waals surface area contributed by atoms with E-state index in [2.05, 4.69) is 15.6 Å². The number of ether oxygens (including phenoxy) is 1. The standard InChI is InChI=1S/C14H21N3O2/c1-2-15-14(18)13-10-11(5-7-17-13)16-8-6-12-4-3-9-19-12/h5,7,10,12H,2-4,6,8-9H2,1H3,(H,15,18)(H,16,17). The van der Waals surface area contributed by atoms with Crippen molar-refractivity contribution in [3.05, 3.63) is 24.0 Å². The van der Waals surface area contributed by atoms with Gasteiger partial charge in [0.1, 0.15) is 5.69 Å². The molecule has 2 heterocycles. The minimum Gasteiger partial charge on any atom is -0.385 e. The molecule has 1 saturated heterocycles. The van der Waals surface area contributed by atoms with Gasteiger partial charge in [-0.3, -0.25) is 9.78 Å². The minimum absolute atomic E-state index is 0.134. The Morgan fingerprint density at radius 1 is 1.58 bits per heavy atom. The van der Waals surface area contributed by atoms with E-state index in [9.17, 15) is 4.79 Å². The van der Waals surface area contributed by atoms with Crippen LogP contribution in [-0.2, 0) is 4.74 Å². The van der Waals surface area contributed by atoms with Crippen molar-refractivity contribution in [2.45, 2.75) is 32.3 Å². The van der Waals surface area contributed by atoms with Gasteiger partial charge in [0.05, 0.1) is 6.10 Å². The Morgan fingerprint density at radius 2 is 2.47 bits per heavy atom. The molecule has 1 unspecified atom stereocenters. The van der Waals surface area contributed by atoms with Crippen LogP contribution in [0.3, 0.4) is 0 Å². The molecule has 1 aliphatic rings. The van der Waals surface area contributed by atoms with E-state index in [1.165, 1.54) is 6.42 Å². The highest BCUT2D eigenvalue weighted by atomic mass is 16.5. The van der Waals surface area contributed by atoms with E-state index in [-0.39, 0.29) is 5.91 Å². The van der Waals surface area contributed by atoms with Crippen LogP contribution in [0.2, 0.25) is 0 Å². The average Bonchev–Trinajstić information content (AvgIpc) is 2.93. The molecule has 0 saturated carbocycles. The van der Waals surface area contributed by atoms with Crippen molar-refractivity contribution in [1.82, 2.24) is 10.3 Å². The molecule has 2 N–H and O–H groups in total. The second kappa shape index (κ2) is 7.09. The number of carbonyl (C=O) groups excluding carboxylic acids is 1. The molecule has 1 fully saturated rings. The molecule has 1 amide bonds. The summed E-state index contributed by atoms with van der Waals surface area (Å²) in [5, 5.41) is 6.05. The number of nitrogens with zero attached hydrogens (tertiary/aromatic N) is 1. The molecule has 0 aliphatic carbocycles. The van der Waals surface area contributed by atoms with Gasteiger partial charge in [0.25, 0.3) is 5.91 Å². The van der Waals surface area contributed by atoms with Crippen molar-refractivity contribution in [2.75, 3.05) is 25.0 Å². The lowest BCUT2D eigenvalue weighted by Crippen LogP contribution is -2.23. The van der Waals surface area contributed by atoms with Crippen LogP contribution in [0, 0.1) is 0 Å². The van der Waals surface area contributed by atoms with Gasteiger partial charge in [-0.05, 0) is 38.3 Å². The first-order valence-corrected chi connectivity index (χ1v) is 6.89. The minimum atomic E-state index is -0.134. The Hall–Kier alpha value is -1.62. The highest BCUT2D eigenvalue weighted by molar-refractivity contribution is 5.93. The van der Waals surface area contributed by atoms with Crippen LogP contribution in [0.4, 0.5) is 5.69 Å². The lowest BCUT2D eigenvalue weighted by molar-refractivity contribution is 0.0950. The molecule has 0 radical (unpaired) electrons. The highest BCUT2D eigenvalue weighted by Crippen LogP contribution is 2.15. The van der Waals surface area contributed by atoms with Crippen LogP contribution in [0.5, 0.6) is 0 Å². The Balaban J connectivity index is 1.82. The Labute approximate surface area is 113 Å². The molecule has 5 nitrogen and oxygen atoms in total. The number of nitrogens with one attached hydrogen (secondary N) is 2. The van der Waals surface area contributed by atoms with Crippen molar-refractivity contribution in [3.63, 3.8) is 0 Å². The topological polar surface area (TPSA) is 63.2 Å². The summed E-state index contributed by atoms with van der Waals surface area (Å²) in [6.07, 6.45) is 5.36. The quantitative estimate of drug-likeness (QED) is 0.821. The molecule has 0 aromatic carbocycles. The number of hydrogen-bond acceptors (Lipinski definition) is 4. The summed E-state index contributed by atoms with van der Waals surface area (Å²) in [4.78, 5) is 15.7. The maximum absolute atomic E-state index is 11.7. The first kappa shape index (κ1) is 13.8. The second-order valence-electron chi connectivity index (χ2n) is 4.64. The fourth-order valence-electron chi connectivity index (χ4n) is 2.17. The van der Waals surface area contributed by atoms with E-state index >= 15 is 0 Å². The van der Waals surface area contributed by atoms with Gasteiger partial charge >= 0.3 is 0 Å². The second-order valence-corrected chi connectivity index (χ2v) is 4.64. The Bertz CT molecular complexity index is 417. The van der Waals surface area contributed by atoms with Gasteiger partial charge in [-0.2, -0.15) is 0 Å². The fraction of sp³-hybridized carbons (Fsp3) is 0.571. The van der Waals surface area contributed by atoms with Gasteiger partial charge in [-0.25, -0.2) is 0 Å². The predicted molar refractivity (Wildman–Crippen MR) is 74.3 cm³/mol. The van der Waals surface area contributed by atoms with E-state index in [1.807, 2.05) is 13.0 Å². The predicted octanol–water partition coefficient (Wildman–Crippen LogP) is 1.81. The summed E-state index contributed by atoms with van der Waals surface area (Å²) < 4.78 is 5.57. The van der Waals surface area contributed by atoms with Gasteiger partial charge in [-0.1, -0.05) is 0 Å². The smallest absolute Gasteiger partial charge is 0.269 e. The van der Waals surface area contributed by atoms with Crippen LogP contribution < -0.4 is 10.6 Å². The van der Waals surface area contributed by atoms with Gasteiger partial charge in [0, 0.05) is 31.6 Å². The van der Waals surface area contributed by atoms with Crippen molar-refractivity contribution < 1.29 is 9.53 Å². The van der Waals surface area contributed by atoms with Gasteiger partial charge in [-0.15, -0.1) is 0 Å². The molecule has 0 spiro atoms. The van der Waals surface area contributed by atoms with Crippen LogP contribution in [0.1, 0.15) is 36.7 Å². The maximum atomic E-state index is 11.7. The fourth-order valence-corrected chi connectivity index (χ4v) is 2.17. The zero-order valence-corrected chi connectivity index (χ0v) is 11.3. The van der Waals surface area contributed by atoms with Crippen LogP contribution in [0.15, 0.2) is 18.3 Å². The maximum Gasteiger partial charge on any atom is 0.269 e. The van der Waals surface area contributed by atoms with E-state index in [0.717, 1.165) is 31.7 Å². The van der Waals surface area contributed by atoms with Crippen LogP contribution >= 0.6 is 0 Å². The zero-order chi connectivity index (χ0) is 13.5. The lowest BCUT2D eigenvalue weighted by Gasteiger charge is -2.11. The molecular weight excluding hydrogens is 242 g/mol. The van der Waals surface area contributed by atoms with Crippen molar-refractivity contribution in [1.29, 1.82) is 0 Å². The molecule has 2 rings (SSSR count). The third kappa shape index (κ3) is 4.21. The van der Waals surface area contributed by atoms with Crippen molar-refractivity contribution in [2.24, 2.45) is 0 Å². The molecule has 19 heavy (non-hydrogen) atoms. The number of rotatable bonds is 6.